The highest BCUT2D eigenvalue weighted by atomic mass is 16.1. The zero-order valence-electron chi connectivity index (χ0n) is 9.45. The Hall–Kier alpha value is -2.62. The lowest BCUT2D eigenvalue weighted by Crippen LogP contribution is -2.07. The van der Waals surface area contributed by atoms with Crippen molar-refractivity contribution in [1.82, 2.24) is 15.0 Å². The number of nitrogens with zero attached hydrogens (tertiary/aromatic N) is 3. The van der Waals surface area contributed by atoms with Crippen molar-refractivity contribution in [2.24, 2.45) is 0 Å². The third-order valence-corrected chi connectivity index (χ3v) is 2.68. The Bertz CT molecular complexity index is 705. The predicted molar refractivity (Wildman–Crippen MR) is 67.2 cm³/mol. The molecule has 2 heterocycles. The molecule has 0 amide bonds. The Morgan fingerprint density at radius 2 is 1.72 bits per heavy atom. The van der Waals surface area contributed by atoms with E-state index in [1.54, 1.807) is 30.9 Å². The van der Waals surface area contributed by atoms with Gasteiger partial charge in [0.1, 0.15) is 0 Å². The summed E-state index contributed by atoms with van der Waals surface area (Å²) in [6.45, 7) is 0. The van der Waals surface area contributed by atoms with Crippen LogP contribution in [0, 0.1) is 0 Å². The molecule has 0 saturated carbocycles. The van der Waals surface area contributed by atoms with Crippen molar-refractivity contribution >= 4 is 16.6 Å². The summed E-state index contributed by atoms with van der Waals surface area (Å²) in [6, 6.07) is 9.30. The van der Waals surface area contributed by atoms with Crippen LogP contribution in [0.3, 0.4) is 0 Å². The average Bonchev–Trinajstić information content (AvgIpc) is 2.47. The number of hydrogen-bond acceptors (Lipinski definition) is 4. The molecule has 18 heavy (non-hydrogen) atoms. The first-order valence-corrected chi connectivity index (χ1v) is 5.51. The molecule has 0 atom stereocenters. The van der Waals surface area contributed by atoms with Crippen LogP contribution in [-0.4, -0.2) is 20.7 Å². The van der Waals surface area contributed by atoms with E-state index in [0.717, 1.165) is 10.8 Å². The molecule has 0 fully saturated rings. The van der Waals surface area contributed by atoms with Gasteiger partial charge < -0.3 is 0 Å². The van der Waals surface area contributed by atoms with E-state index < -0.39 is 0 Å². The number of pyridine rings is 1. The van der Waals surface area contributed by atoms with Crippen molar-refractivity contribution in [2.45, 2.75) is 0 Å². The third kappa shape index (κ3) is 1.73. The highest BCUT2D eigenvalue weighted by Crippen LogP contribution is 2.18. The molecule has 2 aromatic heterocycles. The lowest BCUT2D eigenvalue weighted by molar-refractivity contribution is 0.103. The maximum Gasteiger partial charge on any atom is 0.232 e. The first-order chi connectivity index (χ1) is 8.86. The number of hydrogen-bond donors (Lipinski definition) is 0. The Morgan fingerprint density at radius 3 is 2.56 bits per heavy atom. The summed E-state index contributed by atoms with van der Waals surface area (Å²) in [4.78, 5) is 24.3. The minimum Gasteiger partial charge on any atom is -0.285 e. The first kappa shape index (κ1) is 10.5. The Morgan fingerprint density at radius 1 is 0.944 bits per heavy atom. The first-order valence-electron chi connectivity index (χ1n) is 5.51. The van der Waals surface area contributed by atoms with E-state index in [4.69, 9.17) is 0 Å². The van der Waals surface area contributed by atoms with Gasteiger partial charge in [-0.25, -0.2) is 9.97 Å². The SMILES string of the molecule is O=C(c1ncccn1)c1cncc2ccccc12. The van der Waals surface area contributed by atoms with Crippen LogP contribution in [0.2, 0.25) is 0 Å². The lowest BCUT2D eigenvalue weighted by Gasteiger charge is -2.03. The zero-order chi connectivity index (χ0) is 12.4. The molecule has 0 radical (unpaired) electrons. The van der Waals surface area contributed by atoms with Crippen molar-refractivity contribution in [2.75, 3.05) is 0 Å². The summed E-state index contributed by atoms with van der Waals surface area (Å²) >= 11 is 0. The molecule has 0 aliphatic carbocycles. The summed E-state index contributed by atoms with van der Waals surface area (Å²) in [5.74, 6) is -0.0180. The number of benzene rings is 1. The Labute approximate surface area is 103 Å². The number of ketones is 1. The molecule has 0 aliphatic rings. The molecular formula is C14H9N3O. The average molecular weight is 235 g/mol. The van der Waals surface area contributed by atoms with Gasteiger partial charge in [-0.15, -0.1) is 0 Å². The van der Waals surface area contributed by atoms with E-state index in [9.17, 15) is 4.79 Å². The van der Waals surface area contributed by atoms with Crippen LogP contribution < -0.4 is 0 Å². The van der Waals surface area contributed by atoms with Crippen molar-refractivity contribution in [3.05, 3.63) is 66.5 Å². The summed E-state index contributed by atoms with van der Waals surface area (Å²) in [7, 11) is 0. The molecule has 3 aromatic rings. The standard InChI is InChI=1S/C14H9N3O/c18-13(14-16-6-3-7-17-14)12-9-15-8-10-4-1-2-5-11(10)12/h1-9H. The van der Waals surface area contributed by atoms with Gasteiger partial charge in [-0.2, -0.15) is 0 Å². The third-order valence-electron chi connectivity index (χ3n) is 2.68. The summed E-state index contributed by atoms with van der Waals surface area (Å²) in [5, 5.41) is 1.80. The topological polar surface area (TPSA) is 55.7 Å². The monoisotopic (exact) mass is 235 g/mol. The second-order valence-corrected chi connectivity index (χ2v) is 3.81. The van der Waals surface area contributed by atoms with Gasteiger partial charge in [-0.1, -0.05) is 24.3 Å². The van der Waals surface area contributed by atoms with E-state index in [-0.39, 0.29) is 11.6 Å². The van der Waals surface area contributed by atoms with Crippen molar-refractivity contribution in [1.29, 1.82) is 0 Å². The smallest absolute Gasteiger partial charge is 0.232 e. The van der Waals surface area contributed by atoms with E-state index >= 15 is 0 Å². The van der Waals surface area contributed by atoms with Gasteiger partial charge in [0.15, 0.2) is 0 Å². The number of carbonyl (C=O) groups is 1. The van der Waals surface area contributed by atoms with Crippen LogP contribution in [-0.2, 0) is 0 Å². The zero-order valence-corrected chi connectivity index (χ0v) is 9.45. The van der Waals surface area contributed by atoms with Gasteiger partial charge in [0.2, 0.25) is 11.6 Å². The van der Waals surface area contributed by atoms with Crippen molar-refractivity contribution in [3.8, 4) is 0 Å². The molecule has 0 aliphatic heterocycles. The molecule has 4 nitrogen and oxygen atoms in total. The van der Waals surface area contributed by atoms with Gasteiger partial charge in [-0.3, -0.25) is 9.78 Å². The van der Waals surface area contributed by atoms with Crippen LogP contribution in [0.1, 0.15) is 16.2 Å². The van der Waals surface area contributed by atoms with Gasteiger partial charge in [-0.05, 0) is 11.5 Å². The number of carbonyl (C=O) groups excluding carboxylic acids is 1. The minimum absolute atomic E-state index is 0.190. The molecule has 4 heteroatoms. The maximum atomic E-state index is 12.3. The fourth-order valence-electron chi connectivity index (χ4n) is 1.83. The molecule has 0 unspecified atom stereocenters. The lowest BCUT2D eigenvalue weighted by atomic mass is 10.0. The molecule has 0 saturated heterocycles. The largest absolute Gasteiger partial charge is 0.285 e. The van der Waals surface area contributed by atoms with Crippen LogP contribution in [0.4, 0.5) is 0 Å². The van der Waals surface area contributed by atoms with E-state index in [0.29, 0.717) is 5.56 Å². The summed E-state index contributed by atoms with van der Waals surface area (Å²) in [5.41, 5.74) is 0.527. The fourth-order valence-corrected chi connectivity index (χ4v) is 1.83. The fraction of sp³-hybridized carbons (Fsp3) is 0. The van der Waals surface area contributed by atoms with Gasteiger partial charge in [0.25, 0.3) is 0 Å². The van der Waals surface area contributed by atoms with Crippen molar-refractivity contribution < 1.29 is 4.79 Å². The van der Waals surface area contributed by atoms with Gasteiger partial charge >= 0.3 is 0 Å². The van der Waals surface area contributed by atoms with Crippen LogP contribution in [0.15, 0.2) is 55.1 Å². The molecule has 0 spiro atoms. The van der Waals surface area contributed by atoms with Crippen LogP contribution in [0.25, 0.3) is 10.8 Å². The second kappa shape index (κ2) is 4.33. The quantitative estimate of drug-likeness (QED) is 0.639. The van der Waals surface area contributed by atoms with Crippen LogP contribution in [0.5, 0.6) is 0 Å². The normalized spacial score (nSPS) is 10.4. The van der Waals surface area contributed by atoms with Gasteiger partial charge in [0.05, 0.1) is 5.56 Å². The molecule has 0 bridgehead atoms. The van der Waals surface area contributed by atoms with E-state index in [1.807, 2.05) is 24.3 Å². The number of rotatable bonds is 2. The van der Waals surface area contributed by atoms with Crippen LogP contribution >= 0.6 is 0 Å². The highest BCUT2D eigenvalue weighted by molar-refractivity contribution is 6.14. The van der Waals surface area contributed by atoms with E-state index in [1.165, 1.54) is 0 Å². The predicted octanol–water partition coefficient (Wildman–Crippen LogP) is 2.26. The molecular weight excluding hydrogens is 226 g/mol. The molecule has 3 rings (SSSR count). The second-order valence-electron chi connectivity index (χ2n) is 3.81. The Kier molecular flexibility index (Phi) is 2.53. The Balaban J connectivity index is 2.18. The minimum atomic E-state index is -0.208. The number of aromatic nitrogens is 3. The number of fused-ring (bicyclic) bond motifs is 1. The summed E-state index contributed by atoms with van der Waals surface area (Å²) in [6.07, 6.45) is 6.40. The highest BCUT2D eigenvalue weighted by Gasteiger charge is 2.14. The molecule has 0 N–H and O–H groups in total. The maximum absolute atomic E-state index is 12.3. The van der Waals surface area contributed by atoms with Gasteiger partial charge in [0, 0.05) is 30.2 Å². The van der Waals surface area contributed by atoms with Crippen molar-refractivity contribution in [3.63, 3.8) is 0 Å². The summed E-state index contributed by atoms with van der Waals surface area (Å²) < 4.78 is 0. The molecule has 86 valence electrons. The molecule has 1 aromatic carbocycles. The van der Waals surface area contributed by atoms with E-state index in [2.05, 4.69) is 15.0 Å².